The quantitative estimate of drug-likeness (QED) is 0.374. The first-order valence-electron chi connectivity index (χ1n) is 11.2. The Labute approximate surface area is 198 Å². The van der Waals surface area contributed by atoms with Crippen molar-refractivity contribution in [2.45, 2.75) is 13.8 Å². The highest BCUT2D eigenvalue weighted by Gasteiger charge is 2.21. The fourth-order valence-corrected chi connectivity index (χ4v) is 3.89. The van der Waals surface area contributed by atoms with E-state index in [4.69, 9.17) is 10.1 Å². The van der Waals surface area contributed by atoms with Crippen LogP contribution in [0.3, 0.4) is 0 Å². The number of halogens is 1. The van der Waals surface area contributed by atoms with Crippen LogP contribution in [0.15, 0.2) is 48.7 Å². The molecular weight excluding hydrogens is 433 g/mol. The lowest BCUT2D eigenvalue weighted by Gasteiger charge is -2.27. The average molecular weight is 462 g/mol. The first-order valence-corrected chi connectivity index (χ1v) is 11.2. The number of ether oxygens (including phenoxy) is 1. The van der Waals surface area contributed by atoms with Crippen LogP contribution in [-0.4, -0.2) is 43.3 Å². The first kappa shape index (κ1) is 23.4. The summed E-state index contributed by atoms with van der Waals surface area (Å²) in [6.45, 7) is 5.72. The van der Waals surface area contributed by atoms with Crippen molar-refractivity contribution >= 4 is 17.3 Å². The summed E-state index contributed by atoms with van der Waals surface area (Å²) in [7, 11) is 1.79. The molecule has 2 heterocycles. The van der Waals surface area contributed by atoms with Crippen molar-refractivity contribution in [3.8, 4) is 22.8 Å². The molecular formula is C26H28FN5O2. The molecule has 1 amide bonds. The molecule has 0 aliphatic carbocycles. The van der Waals surface area contributed by atoms with Gasteiger partial charge in [0.15, 0.2) is 0 Å². The summed E-state index contributed by atoms with van der Waals surface area (Å²) in [5, 5.41) is 16.9. The molecule has 0 radical (unpaired) electrons. The molecule has 7 nitrogen and oxygen atoms in total. The summed E-state index contributed by atoms with van der Waals surface area (Å²) in [6.07, 6.45) is 1.60. The van der Waals surface area contributed by atoms with Crippen molar-refractivity contribution in [1.82, 2.24) is 15.6 Å². The number of aromatic nitrogens is 1. The summed E-state index contributed by atoms with van der Waals surface area (Å²) in [6, 6.07) is 12.0. The van der Waals surface area contributed by atoms with E-state index in [0.717, 1.165) is 24.3 Å². The number of carbonyl (C=O) groups excluding carboxylic acids is 1. The number of nitrogens with one attached hydrogen (secondary N) is 4. The average Bonchev–Trinajstić information content (AvgIpc) is 2.77. The van der Waals surface area contributed by atoms with Crippen LogP contribution < -0.4 is 20.7 Å². The summed E-state index contributed by atoms with van der Waals surface area (Å²) in [5.74, 6) is 0.557. The van der Waals surface area contributed by atoms with Gasteiger partial charge in [-0.25, -0.2) is 4.39 Å². The van der Waals surface area contributed by atoms with Gasteiger partial charge >= 0.3 is 0 Å². The maximum Gasteiger partial charge on any atom is 0.254 e. The normalized spacial score (nSPS) is 13.2. The molecule has 2 aromatic carbocycles. The smallest absolute Gasteiger partial charge is 0.254 e. The molecule has 0 spiro atoms. The van der Waals surface area contributed by atoms with Crippen LogP contribution >= 0.6 is 0 Å². The van der Waals surface area contributed by atoms with E-state index in [0.29, 0.717) is 46.5 Å². The van der Waals surface area contributed by atoms with E-state index in [2.05, 4.69) is 20.9 Å². The van der Waals surface area contributed by atoms with E-state index in [1.54, 1.807) is 51.4 Å². The summed E-state index contributed by atoms with van der Waals surface area (Å²) < 4.78 is 20.9. The number of anilines is 1. The van der Waals surface area contributed by atoms with E-state index < -0.39 is 11.7 Å². The van der Waals surface area contributed by atoms with Gasteiger partial charge in [0.2, 0.25) is 0 Å². The van der Waals surface area contributed by atoms with Gasteiger partial charge in [0, 0.05) is 73.5 Å². The predicted octanol–water partition coefficient (Wildman–Crippen LogP) is 4.37. The number of amides is 1. The standard InChI is InChI=1S/C26H28FN5O2/c1-15-8-18(9-22(27)25(15)26(33)32-14-17-12-30-13-17)23-10-20(6-7-31-23)34-19-4-5-21(16(2)28)24(11-19)29-3/h4-11,17,28-30H,12-14H2,1-3H3,(H,32,33). The highest BCUT2D eigenvalue weighted by Crippen LogP contribution is 2.30. The Hall–Kier alpha value is -3.78. The van der Waals surface area contributed by atoms with Crippen LogP contribution in [0.2, 0.25) is 0 Å². The van der Waals surface area contributed by atoms with E-state index in [9.17, 15) is 9.18 Å². The lowest BCUT2D eigenvalue weighted by molar-refractivity contribution is 0.0937. The van der Waals surface area contributed by atoms with Gasteiger partial charge in [-0.1, -0.05) is 0 Å². The van der Waals surface area contributed by atoms with Crippen molar-refractivity contribution in [1.29, 1.82) is 5.41 Å². The van der Waals surface area contributed by atoms with Gasteiger partial charge in [0.05, 0.1) is 11.3 Å². The van der Waals surface area contributed by atoms with E-state index in [-0.39, 0.29) is 5.56 Å². The molecule has 176 valence electrons. The van der Waals surface area contributed by atoms with E-state index in [1.807, 2.05) is 12.1 Å². The summed E-state index contributed by atoms with van der Waals surface area (Å²) >= 11 is 0. The maximum atomic E-state index is 14.9. The van der Waals surface area contributed by atoms with Crippen molar-refractivity contribution in [3.63, 3.8) is 0 Å². The van der Waals surface area contributed by atoms with E-state index in [1.165, 1.54) is 6.07 Å². The molecule has 1 aromatic heterocycles. The molecule has 1 fully saturated rings. The van der Waals surface area contributed by atoms with Gasteiger partial charge in [-0.3, -0.25) is 9.78 Å². The van der Waals surface area contributed by atoms with Gasteiger partial charge in [0.25, 0.3) is 5.91 Å². The van der Waals surface area contributed by atoms with Crippen LogP contribution in [0, 0.1) is 24.1 Å². The molecule has 4 rings (SSSR count). The van der Waals surface area contributed by atoms with Gasteiger partial charge in [-0.05, 0) is 49.7 Å². The molecule has 34 heavy (non-hydrogen) atoms. The third-order valence-electron chi connectivity index (χ3n) is 5.86. The van der Waals surface area contributed by atoms with Crippen LogP contribution in [0.4, 0.5) is 10.1 Å². The molecule has 3 aromatic rings. The second-order valence-electron chi connectivity index (χ2n) is 8.45. The lowest BCUT2D eigenvalue weighted by Crippen LogP contribution is -2.48. The molecule has 0 unspecified atom stereocenters. The van der Waals surface area contributed by atoms with Gasteiger partial charge in [0.1, 0.15) is 17.3 Å². The Morgan fingerprint density at radius 3 is 2.62 bits per heavy atom. The van der Waals surface area contributed by atoms with Crippen LogP contribution in [0.25, 0.3) is 11.3 Å². The zero-order chi connectivity index (χ0) is 24.2. The second kappa shape index (κ2) is 10.0. The number of benzene rings is 2. The van der Waals surface area contributed by atoms with Gasteiger partial charge < -0.3 is 26.1 Å². The SMILES string of the molecule is CNc1cc(Oc2ccnc(-c3cc(C)c(C(=O)NCC4CNC4)c(F)c3)c2)ccc1C(C)=N. The largest absolute Gasteiger partial charge is 0.457 e. The zero-order valence-electron chi connectivity index (χ0n) is 19.5. The molecule has 4 N–H and O–H groups in total. The van der Waals surface area contributed by atoms with Crippen LogP contribution in [-0.2, 0) is 0 Å². The highest BCUT2D eigenvalue weighted by molar-refractivity contribution is 6.01. The van der Waals surface area contributed by atoms with Gasteiger partial charge in [-0.2, -0.15) is 0 Å². The number of aryl methyl sites for hydroxylation is 1. The number of carbonyl (C=O) groups is 1. The Kier molecular flexibility index (Phi) is 6.88. The third-order valence-corrected chi connectivity index (χ3v) is 5.86. The minimum Gasteiger partial charge on any atom is -0.457 e. The number of rotatable bonds is 8. The minimum atomic E-state index is -0.580. The molecule has 8 heteroatoms. The summed E-state index contributed by atoms with van der Waals surface area (Å²) in [5.41, 5.74) is 3.74. The fraction of sp³-hybridized carbons (Fsp3) is 0.269. The molecule has 1 saturated heterocycles. The lowest BCUT2D eigenvalue weighted by atomic mass is 10.00. The third kappa shape index (κ3) is 5.07. The molecule has 0 atom stereocenters. The van der Waals surface area contributed by atoms with Crippen LogP contribution in [0.5, 0.6) is 11.5 Å². The molecule has 0 saturated carbocycles. The number of pyridine rings is 1. The van der Waals surface area contributed by atoms with Crippen molar-refractivity contribution in [2.24, 2.45) is 5.92 Å². The zero-order valence-corrected chi connectivity index (χ0v) is 19.5. The maximum absolute atomic E-state index is 14.9. The summed E-state index contributed by atoms with van der Waals surface area (Å²) in [4.78, 5) is 16.9. The van der Waals surface area contributed by atoms with Gasteiger partial charge in [-0.15, -0.1) is 0 Å². The predicted molar refractivity (Wildman–Crippen MR) is 132 cm³/mol. The topological polar surface area (TPSA) is 99.1 Å². The van der Waals surface area contributed by atoms with Crippen molar-refractivity contribution in [2.75, 3.05) is 32.0 Å². The number of hydrogen-bond donors (Lipinski definition) is 4. The van der Waals surface area contributed by atoms with Crippen molar-refractivity contribution < 1.29 is 13.9 Å². The molecule has 1 aliphatic heterocycles. The monoisotopic (exact) mass is 461 g/mol. The Morgan fingerprint density at radius 1 is 1.21 bits per heavy atom. The van der Waals surface area contributed by atoms with E-state index >= 15 is 0 Å². The van der Waals surface area contributed by atoms with Crippen LogP contribution in [0.1, 0.15) is 28.4 Å². The molecule has 1 aliphatic rings. The Balaban J connectivity index is 1.54. The Morgan fingerprint density at radius 2 is 1.97 bits per heavy atom. The minimum absolute atomic E-state index is 0.0598. The first-order chi connectivity index (χ1) is 16.4. The number of hydrogen-bond acceptors (Lipinski definition) is 6. The molecule has 0 bridgehead atoms. The second-order valence-corrected chi connectivity index (χ2v) is 8.45. The highest BCUT2D eigenvalue weighted by atomic mass is 19.1. The number of nitrogens with zero attached hydrogens (tertiary/aromatic N) is 1. The Bertz CT molecular complexity index is 1220. The van der Waals surface area contributed by atoms with Crippen molar-refractivity contribution in [3.05, 3.63) is 71.2 Å². The fourth-order valence-electron chi connectivity index (χ4n) is 3.89.